The SMILES string of the molecule is N/C(=N/O)c1cc(F)c(Sc2ccccn2)c(F)c1. The molecule has 0 fully saturated rings. The number of benzene rings is 1. The quantitative estimate of drug-likeness (QED) is 0.392. The van der Waals surface area contributed by atoms with E-state index in [9.17, 15) is 8.78 Å². The van der Waals surface area contributed by atoms with Crippen molar-refractivity contribution in [1.82, 2.24) is 4.98 Å². The van der Waals surface area contributed by atoms with Crippen molar-refractivity contribution >= 4 is 17.6 Å². The fourth-order valence-corrected chi connectivity index (χ4v) is 2.16. The maximum absolute atomic E-state index is 13.8. The van der Waals surface area contributed by atoms with Gasteiger partial charge >= 0.3 is 0 Å². The van der Waals surface area contributed by atoms with Crippen molar-refractivity contribution in [2.75, 3.05) is 0 Å². The molecule has 0 aliphatic rings. The molecule has 98 valence electrons. The number of pyridine rings is 1. The lowest BCUT2D eigenvalue weighted by Crippen LogP contribution is -2.14. The summed E-state index contributed by atoms with van der Waals surface area (Å²) < 4.78 is 27.6. The van der Waals surface area contributed by atoms with E-state index in [1.54, 1.807) is 18.2 Å². The highest BCUT2D eigenvalue weighted by Crippen LogP contribution is 2.31. The highest BCUT2D eigenvalue weighted by molar-refractivity contribution is 7.99. The molecular formula is C12H9F2N3OS. The fraction of sp³-hybridized carbons (Fsp3) is 0. The average Bonchev–Trinajstić information content (AvgIpc) is 2.43. The lowest BCUT2D eigenvalue weighted by molar-refractivity contribution is 0.318. The van der Waals surface area contributed by atoms with Crippen LogP contribution in [0.1, 0.15) is 5.56 Å². The molecule has 0 spiro atoms. The first-order valence-electron chi connectivity index (χ1n) is 5.17. The van der Waals surface area contributed by atoms with E-state index >= 15 is 0 Å². The normalized spacial score (nSPS) is 11.6. The molecule has 1 heterocycles. The minimum Gasteiger partial charge on any atom is -0.409 e. The molecule has 0 bridgehead atoms. The Kier molecular flexibility index (Phi) is 3.96. The molecule has 1 aromatic heterocycles. The summed E-state index contributed by atoms with van der Waals surface area (Å²) in [4.78, 5) is 3.78. The summed E-state index contributed by atoms with van der Waals surface area (Å²) in [5, 5.41) is 11.6. The van der Waals surface area contributed by atoms with Crippen molar-refractivity contribution in [3.05, 3.63) is 53.7 Å². The lowest BCUT2D eigenvalue weighted by Gasteiger charge is -2.06. The molecule has 0 unspecified atom stereocenters. The van der Waals surface area contributed by atoms with Crippen molar-refractivity contribution in [2.45, 2.75) is 9.92 Å². The van der Waals surface area contributed by atoms with Gasteiger partial charge in [0, 0.05) is 11.8 Å². The number of hydrogen-bond donors (Lipinski definition) is 2. The van der Waals surface area contributed by atoms with Gasteiger partial charge in [0.2, 0.25) is 0 Å². The largest absolute Gasteiger partial charge is 0.409 e. The van der Waals surface area contributed by atoms with Crippen LogP contribution in [0.3, 0.4) is 0 Å². The maximum atomic E-state index is 13.8. The third-order valence-electron chi connectivity index (χ3n) is 2.25. The Morgan fingerprint density at radius 3 is 2.47 bits per heavy atom. The number of aromatic nitrogens is 1. The van der Waals surface area contributed by atoms with Crippen LogP contribution in [-0.4, -0.2) is 16.0 Å². The van der Waals surface area contributed by atoms with Crippen LogP contribution in [0.2, 0.25) is 0 Å². The van der Waals surface area contributed by atoms with Crippen molar-refractivity contribution in [1.29, 1.82) is 0 Å². The van der Waals surface area contributed by atoms with Gasteiger partial charge in [-0.2, -0.15) is 0 Å². The average molecular weight is 281 g/mol. The van der Waals surface area contributed by atoms with Crippen molar-refractivity contribution < 1.29 is 14.0 Å². The van der Waals surface area contributed by atoms with E-state index in [4.69, 9.17) is 10.9 Å². The minimum atomic E-state index is -0.794. The van der Waals surface area contributed by atoms with Gasteiger partial charge in [-0.25, -0.2) is 13.8 Å². The molecule has 0 radical (unpaired) electrons. The monoisotopic (exact) mass is 281 g/mol. The molecule has 0 aliphatic carbocycles. The summed E-state index contributed by atoms with van der Waals surface area (Å²) >= 11 is 0.865. The minimum absolute atomic E-state index is 0.0251. The first-order valence-corrected chi connectivity index (χ1v) is 5.99. The number of nitrogens with two attached hydrogens (primary N) is 1. The zero-order valence-electron chi connectivity index (χ0n) is 9.55. The first-order chi connectivity index (χ1) is 9.11. The van der Waals surface area contributed by atoms with Gasteiger partial charge in [0.1, 0.15) is 16.7 Å². The highest BCUT2D eigenvalue weighted by Gasteiger charge is 2.14. The number of hydrogen-bond acceptors (Lipinski definition) is 4. The van der Waals surface area contributed by atoms with Crippen molar-refractivity contribution in [3.8, 4) is 0 Å². The van der Waals surface area contributed by atoms with E-state index < -0.39 is 11.6 Å². The zero-order valence-corrected chi connectivity index (χ0v) is 10.4. The van der Waals surface area contributed by atoms with Crippen molar-refractivity contribution in [3.63, 3.8) is 0 Å². The Hall–Kier alpha value is -2.15. The van der Waals surface area contributed by atoms with Crippen molar-refractivity contribution in [2.24, 2.45) is 10.9 Å². The molecule has 19 heavy (non-hydrogen) atoms. The van der Waals surface area contributed by atoms with E-state index in [1.807, 2.05) is 0 Å². The number of oxime groups is 1. The number of halogens is 2. The molecule has 0 amide bonds. The summed E-state index contributed by atoms with van der Waals surface area (Å²) in [7, 11) is 0. The second-order valence-electron chi connectivity index (χ2n) is 3.52. The molecular weight excluding hydrogens is 272 g/mol. The predicted octanol–water partition coefficient (Wildman–Crippen LogP) is 2.61. The molecule has 0 saturated heterocycles. The van der Waals surface area contributed by atoms with E-state index in [0.717, 1.165) is 23.9 Å². The maximum Gasteiger partial charge on any atom is 0.170 e. The Morgan fingerprint density at radius 1 is 1.26 bits per heavy atom. The topological polar surface area (TPSA) is 71.5 Å². The van der Waals surface area contributed by atoms with Crippen LogP contribution in [0.5, 0.6) is 0 Å². The molecule has 4 nitrogen and oxygen atoms in total. The van der Waals surface area contributed by atoms with E-state index in [1.165, 1.54) is 6.20 Å². The summed E-state index contributed by atoms with van der Waals surface area (Å²) in [5.74, 6) is -1.94. The lowest BCUT2D eigenvalue weighted by atomic mass is 10.2. The van der Waals surface area contributed by atoms with Gasteiger partial charge < -0.3 is 10.9 Å². The number of amidine groups is 1. The van der Waals surface area contributed by atoms with Gasteiger partial charge in [0.05, 0.1) is 4.90 Å². The van der Waals surface area contributed by atoms with Gasteiger partial charge in [-0.1, -0.05) is 23.0 Å². The second kappa shape index (κ2) is 5.66. The summed E-state index contributed by atoms with van der Waals surface area (Å²) in [6.07, 6.45) is 1.53. The Labute approximate surface area is 112 Å². The Bertz CT molecular complexity index is 597. The van der Waals surface area contributed by atoms with E-state index in [-0.39, 0.29) is 16.3 Å². The van der Waals surface area contributed by atoms with Gasteiger partial charge in [0.15, 0.2) is 5.84 Å². The number of nitrogens with zero attached hydrogens (tertiary/aromatic N) is 2. The summed E-state index contributed by atoms with van der Waals surface area (Å²) in [5.41, 5.74) is 5.26. The number of rotatable bonds is 3. The second-order valence-corrected chi connectivity index (χ2v) is 4.55. The van der Waals surface area contributed by atoms with E-state index in [0.29, 0.717) is 5.03 Å². The van der Waals surface area contributed by atoms with Crippen LogP contribution in [0.25, 0.3) is 0 Å². The molecule has 0 aliphatic heterocycles. The third kappa shape index (κ3) is 3.00. The predicted molar refractivity (Wildman–Crippen MR) is 67.2 cm³/mol. The fourth-order valence-electron chi connectivity index (χ4n) is 1.38. The zero-order chi connectivity index (χ0) is 13.8. The van der Waals surface area contributed by atoms with Gasteiger partial charge in [0.25, 0.3) is 0 Å². The van der Waals surface area contributed by atoms with Gasteiger partial charge in [-0.05, 0) is 24.3 Å². The first kappa shape index (κ1) is 13.3. The molecule has 0 saturated carbocycles. The Balaban J connectivity index is 2.38. The Morgan fingerprint density at radius 2 is 1.95 bits per heavy atom. The van der Waals surface area contributed by atoms with Gasteiger partial charge in [-0.3, -0.25) is 0 Å². The molecule has 1 aromatic carbocycles. The van der Waals surface area contributed by atoms with Crippen LogP contribution in [0, 0.1) is 11.6 Å². The van der Waals surface area contributed by atoms with Crippen LogP contribution in [0.4, 0.5) is 8.78 Å². The van der Waals surface area contributed by atoms with Crippen LogP contribution >= 0.6 is 11.8 Å². The molecule has 7 heteroatoms. The molecule has 3 N–H and O–H groups in total. The smallest absolute Gasteiger partial charge is 0.170 e. The molecule has 0 atom stereocenters. The summed E-state index contributed by atoms with van der Waals surface area (Å²) in [6, 6.07) is 7.07. The highest BCUT2D eigenvalue weighted by atomic mass is 32.2. The van der Waals surface area contributed by atoms with E-state index in [2.05, 4.69) is 10.1 Å². The standard InChI is InChI=1S/C12H9F2N3OS/c13-8-5-7(12(15)17-18)6-9(14)11(8)19-10-3-1-2-4-16-10/h1-6,18H,(H2,15,17). The third-order valence-corrected chi connectivity index (χ3v) is 3.29. The van der Waals surface area contributed by atoms with Crippen LogP contribution in [-0.2, 0) is 0 Å². The molecule has 2 aromatic rings. The molecule has 2 rings (SSSR count). The summed E-state index contributed by atoms with van der Waals surface area (Å²) in [6.45, 7) is 0. The van der Waals surface area contributed by atoms with Crippen LogP contribution < -0.4 is 5.73 Å². The van der Waals surface area contributed by atoms with Crippen LogP contribution in [0.15, 0.2) is 51.6 Å². The van der Waals surface area contributed by atoms with Gasteiger partial charge in [-0.15, -0.1) is 0 Å².